The Hall–Kier alpha value is -1.71. The number of halogens is 1. The third-order valence-electron chi connectivity index (χ3n) is 3.30. The Morgan fingerprint density at radius 2 is 1.95 bits per heavy atom. The first-order valence-corrected chi connectivity index (χ1v) is 6.83. The van der Waals surface area contributed by atoms with Crippen LogP contribution in [0.1, 0.15) is 18.5 Å². The maximum absolute atomic E-state index is 6.36. The van der Waals surface area contributed by atoms with Crippen molar-refractivity contribution in [3.8, 4) is 5.75 Å². The van der Waals surface area contributed by atoms with E-state index in [1.54, 1.807) is 7.11 Å². The van der Waals surface area contributed by atoms with Crippen molar-refractivity contribution in [2.75, 3.05) is 19.1 Å². The molecule has 2 rings (SSSR count). The average molecular weight is 291 g/mol. The van der Waals surface area contributed by atoms with Gasteiger partial charge in [0, 0.05) is 24.8 Å². The highest BCUT2D eigenvalue weighted by Crippen LogP contribution is 2.33. The summed E-state index contributed by atoms with van der Waals surface area (Å²) in [4.78, 5) is 2.02. The number of rotatable bonds is 4. The van der Waals surface area contributed by atoms with Gasteiger partial charge in [-0.15, -0.1) is 0 Å². The smallest absolute Gasteiger partial charge is 0.120 e. The van der Waals surface area contributed by atoms with Crippen molar-refractivity contribution in [1.29, 1.82) is 0 Å². The van der Waals surface area contributed by atoms with Gasteiger partial charge in [-0.1, -0.05) is 23.7 Å². The number of nitrogens with zero attached hydrogens (tertiary/aromatic N) is 1. The number of hydrogen-bond acceptors (Lipinski definition) is 3. The lowest BCUT2D eigenvalue weighted by Crippen LogP contribution is -2.11. The molecule has 20 heavy (non-hydrogen) atoms. The summed E-state index contributed by atoms with van der Waals surface area (Å²) in [5.41, 5.74) is 8.84. The molecule has 0 aliphatic carbocycles. The Bertz CT molecular complexity index is 599. The van der Waals surface area contributed by atoms with Gasteiger partial charge < -0.3 is 15.4 Å². The molecule has 0 fully saturated rings. The van der Waals surface area contributed by atoms with E-state index in [9.17, 15) is 0 Å². The maximum atomic E-state index is 6.36. The normalized spacial score (nSPS) is 12.1. The van der Waals surface area contributed by atoms with Crippen molar-refractivity contribution in [1.82, 2.24) is 0 Å². The molecule has 0 spiro atoms. The molecule has 0 heterocycles. The molecule has 0 aromatic heterocycles. The summed E-state index contributed by atoms with van der Waals surface area (Å²) in [5, 5.41) is 0.685. The van der Waals surface area contributed by atoms with E-state index < -0.39 is 0 Å². The van der Waals surface area contributed by atoms with Crippen LogP contribution in [0.15, 0.2) is 42.5 Å². The van der Waals surface area contributed by atoms with E-state index >= 15 is 0 Å². The molecule has 2 aromatic rings. The van der Waals surface area contributed by atoms with Crippen LogP contribution in [-0.2, 0) is 0 Å². The molecular formula is C16H19ClN2O. The van der Waals surface area contributed by atoms with Crippen molar-refractivity contribution in [3.05, 3.63) is 53.1 Å². The van der Waals surface area contributed by atoms with E-state index in [1.165, 1.54) is 0 Å². The van der Waals surface area contributed by atoms with Gasteiger partial charge in [-0.05, 0) is 36.8 Å². The van der Waals surface area contributed by atoms with Crippen LogP contribution in [0.2, 0.25) is 5.02 Å². The Balaban J connectivity index is 2.35. The van der Waals surface area contributed by atoms with E-state index in [4.69, 9.17) is 22.1 Å². The SMILES string of the molecule is COc1cccc(N(C)c2ccc([C@@H](C)N)cc2Cl)c1. The van der Waals surface area contributed by atoms with Crippen LogP contribution >= 0.6 is 11.6 Å². The lowest BCUT2D eigenvalue weighted by molar-refractivity contribution is 0.415. The van der Waals surface area contributed by atoms with Gasteiger partial charge in [-0.3, -0.25) is 0 Å². The molecule has 0 unspecified atom stereocenters. The van der Waals surface area contributed by atoms with Gasteiger partial charge in [0.15, 0.2) is 0 Å². The van der Waals surface area contributed by atoms with Gasteiger partial charge in [0.25, 0.3) is 0 Å². The van der Waals surface area contributed by atoms with Gasteiger partial charge in [0.2, 0.25) is 0 Å². The Labute approximate surface area is 124 Å². The van der Waals surface area contributed by atoms with Crippen molar-refractivity contribution >= 4 is 23.0 Å². The van der Waals surface area contributed by atoms with Gasteiger partial charge in [-0.25, -0.2) is 0 Å². The fraction of sp³-hybridized carbons (Fsp3) is 0.250. The molecule has 3 nitrogen and oxygen atoms in total. The molecule has 0 amide bonds. The van der Waals surface area contributed by atoms with Crippen LogP contribution in [0, 0.1) is 0 Å². The van der Waals surface area contributed by atoms with E-state index in [1.807, 2.05) is 61.3 Å². The van der Waals surface area contributed by atoms with Crippen LogP contribution in [0.4, 0.5) is 11.4 Å². The summed E-state index contributed by atoms with van der Waals surface area (Å²) in [5.74, 6) is 0.817. The zero-order valence-electron chi connectivity index (χ0n) is 11.9. The summed E-state index contributed by atoms with van der Waals surface area (Å²) in [6.07, 6.45) is 0. The number of ether oxygens (including phenoxy) is 1. The van der Waals surface area contributed by atoms with Crippen LogP contribution in [0.25, 0.3) is 0 Å². The predicted molar refractivity (Wildman–Crippen MR) is 85.1 cm³/mol. The predicted octanol–water partition coefficient (Wildman–Crippen LogP) is 4.14. The highest BCUT2D eigenvalue weighted by Gasteiger charge is 2.11. The molecule has 1 atom stereocenters. The van der Waals surface area contributed by atoms with Crippen molar-refractivity contribution in [2.45, 2.75) is 13.0 Å². The van der Waals surface area contributed by atoms with Crippen LogP contribution in [0.3, 0.4) is 0 Å². The summed E-state index contributed by atoms with van der Waals surface area (Å²) < 4.78 is 5.25. The number of hydrogen-bond donors (Lipinski definition) is 1. The van der Waals surface area contributed by atoms with Crippen LogP contribution < -0.4 is 15.4 Å². The third kappa shape index (κ3) is 3.06. The van der Waals surface area contributed by atoms with E-state index in [0.29, 0.717) is 5.02 Å². The molecule has 106 valence electrons. The fourth-order valence-electron chi connectivity index (χ4n) is 2.04. The fourth-order valence-corrected chi connectivity index (χ4v) is 2.35. The van der Waals surface area contributed by atoms with Crippen molar-refractivity contribution in [2.24, 2.45) is 5.73 Å². The summed E-state index contributed by atoms with van der Waals surface area (Å²) in [7, 11) is 3.63. The quantitative estimate of drug-likeness (QED) is 0.920. The first-order chi connectivity index (χ1) is 9.52. The molecule has 0 saturated heterocycles. The second-order valence-electron chi connectivity index (χ2n) is 4.76. The first-order valence-electron chi connectivity index (χ1n) is 6.45. The van der Waals surface area contributed by atoms with Gasteiger partial charge in [0.1, 0.15) is 5.75 Å². The van der Waals surface area contributed by atoms with Crippen molar-refractivity contribution in [3.63, 3.8) is 0 Å². The van der Waals surface area contributed by atoms with E-state index in [0.717, 1.165) is 22.7 Å². The largest absolute Gasteiger partial charge is 0.497 e. The summed E-state index contributed by atoms with van der Waals surface area (Å²) in [6, 6.07) is 13.7. The Kier molecular flexibility index (Phi) is 4.53. The Morgan fingerprint density at radius 3 is 2.55 bits per heavy atom. The van der Waals surface area contributed by atoms with E-state index in [-0.39, 0.29) is 6.04 Å². The number of benzene rings is 2. The summed E-state index contributed by atoms with van der Waals surface area (Å²) >= 11 is 6.36. The lowest BCUT2D eigenvalue weighted by atomic mass is 10.1. The van der Waals surface area contributed by atoms with Crippen LogP contribution in [-0.4, -0.2) is 14.2 Å². The summed E-state index contributed by atoms with van der Waals surface area (Å²) in [6.45, 7) is 1.94. The topological polar surface area (TPSA) is 38.5 Å². The maximum Gasteiger partial charge on any atom is 0.120 e. The molecule has 2 aromatic carbocycles. The second kappa shape index (κ2) is 6.16. The van der Waals surface area contributed by atoms with Crippen LogP contribution in [0.5, 0.6) is 5.75 Å². The standard InChI is InChI=1S/C16H19ClN2O/c1-11(18)12-7-8-16(15(17)9-12)19(2)13-5-4-6-14(10-13)20-3/h4-11H,18H2,1-3H3/t11-/m1/s1. The average Bonchev–Trinajstić information content (AvgIpc) is 2.46. The molecular weight excluding hydrogens is 272 g/mol. The number of nitrogens with two attached hydrogens (primary N) is 1. The zero-order chi connectivity index (χ0) is 14.7. The minimum absolute atomic E-state index is 0.0244. The zero-order valence-corrected chi connectivity index (χ0v) is 12.7. The third-order valence-corrected chi connectivity index (χ3v) is 3.60. The highest BCUT2D eigenvalue weighted by atomic mass is 35.5. The minimum atomic E-state index is -0.0244. The molecule has 0 aliphatic heterocycles. The van der Waals surface area contributed by atoms with Gasteiger partial charge in [0.05, 0.1) is 17.8 Å². The van der Waals surface area contributed by atoms with Gasteiger partial charge in [-0.2, -0.15) is 0 Å². The highest BCUT2D eigenvalue weighted by molar-refractivity contribution is 6.33. The monoisotopic (exact) mass is 290 g/mol. The first kappa shape index (κ1) is 14.7. The number of methoxy groups -OCH3 is 1. The molecule has 0 saturated carbocycles. The Morgan fingerprint density at radius 1 is 1.20 bits per heavy atom. The number of anilines is 2. The van der Waals surface area contributed by atoms with Gasteiger partial charge >= 0.3 is 0 Å². The molecule has 0 bridgehead atoms. The minimum Gasteiger partial charge on any atom is -0.497 e. The van der Waals surface area contributed by atoms with E-state index in [2.05, 4.69) is 0 Å². The lowest BCUT2D eigenvalue weighted by Gasteiger charge is -2.22. The molecule has 4 heteroatoms. The second-order valence-corrected chi connectivity index (χ2v) is 5.17. The van der Waals surface area contributed by atoms with Crippen molar-refractivity contribution < 1.29 is 4.74 Å². The molecule has 0 radical (unpaired) electrons. The molecule has 2 N–H and O–H groups in total. The molecule has 0 aliphatic rings.